The SMILES string of the molecule is CCNCC1(CN2CCSCC2S(C)(=O)=O)CCOC1. The molecule has 0 aromatic rings. The van der Waals surface area contributed by atoms with Crippen LogP contribution in [0, 0.1) is 5.41 Å². The van der Waals surface area contributed by atoms with E-state index in [-0.39, 0.29) is 10.8 Å². The van der Waals surface area contributed by atoms with Gasteiger partial charge in [0.25, 0.3) is 0 Å². The Morgan fingerprint density at radius 1 is 1.50 bits per heavy atom. The first-order valence-electron chi connectivity index (χ1n) is 7.26. The summed E-state index contributed by atoms with van der Waals surface area (Å²) in [7, 11) is -3.02. The van der Waals surface area contributed by atoms with Crippen LogP contribution in [-0.4, -0.2) is 75.8 Å². The summed E-state index contributed by atoms with van der Waals surface area (Å²) >= 11 is 1.74. The van der Waals surface area contributed by atoms with Crippen LogP contribution in [0.3, 0.4) is 0 Å². The van der Waals surface area contributed by atoms with Crippen molar-refractivity contribution in [3.8, 4) is 0 Å². The second-order valence-electron chi connectivity index (χ2n) is 5.91. The number of hydrogen-bond donors (Lipinski definition) is 1. The number of rotatable bonds is 6. The number of nitrogens with one attached hydrogen (secondary N) is 1. The monoisotopic (exact) mass is 322 g/mol. The highest BCUT2D eigenvalue weighted by atomic mass is 32.2. The van der Waals surface area contributed by atoms with E-state index in [0.717, 1.165) is 51.6 Å². The Hall–Kier alpha value is 0.180. The van der Waals surface area contributed by atoms with E-state index in [0.29, 0.717) is 5.75 Å². The fourth-order valence-corrected chi connectivity index (χ4v) is 5.92. The molecule has 2 unspecified atom stereocenters. The summed E-state index contributed by atoms with van der Waals surface area (Å²) in [6.45, 7) is 7.14. The number of thioether (sulfide) groups is 1. The van der Waals surface area contributed by atoms with Gasteiger partial charge in [-0.1, -0.05) is 6.92 Å². The van der Waals surface area contributed by atoms with Crippen LogP contribution in [0.15, 0.2) is 0 Å². The molecule has 0 amide bonds. The molecule has 118 valence electrons. The zero-order valence-corrected chi connectivity index (χ0v) is 14.1. The van der Waals surface area contributed by atoms with Crippen molar-refractivity contribution in [2.24, 2.45) is 5.41 Å². The van der Waals surface area contributed by atoms with E-state index in [9.17, 15) is 8.42 Å². The number of sulfone groups is 1. The van der Waals surface area contributed by atoms with Gasteiger partial charge in [0.05, 0.1) is 6.61 Å². The summed E-state index contributed by atoms with van der Waals surface area (Å²) < 4.78 is 29.6. The molecule has 2 atom stereocenters. The lowest BCUT2D eigenvalue weighted by Gasteiger charge is -2.40. The lowest BCUT2D eigenvalue weighted by Crippen LogP contribution is -2.53. The first-order valence-corrected chi connectivity index (χ1v) is 10.4. The second-order valence-corrected chi connectivity index (χ2v) is 9.27. The lowest BCUT2D eigenvalue weighted by molar-refractivity contribution is 0.107. The van der Waals surface area contributed by atoms with Gasteiger partial charge in [0.15, 0.2) is 9.84 Å². The Balaban J connectivity index is 2.07. The van der Waals surface area contributed by atoms with Gasteiger partial charge in [-0.2, -0.15) is 11.8 Å². The minimum atomic E-state index is -3.02. The van der Waals surface area contributed by atoms with Crippen LogP contribution in [0.25, 0.3) is 0 Å². The van der Waals surface area contributed by atoms with Crippen molar-refractivity contribution in [2.75, 3.05) is 57.2 Å². The van der Waals surface area contributed by atoms with Gasteiger partial charge in [-0.15, -0.1) is 0 Å². The van der Waals surface area contributed by atoms with Gasteiger partial charge >= 0.3 is 0 Å². The molecule has 1 N–H and O–H groups in total. The molecule has 2 fully saturated rings. The summed E-state index contributed by atoms with van der Waals surface area (Å²) in [5.74, 6) is 1.71. The zero-order valence-electron chi connectivity index (χ0n) is 12.4. The molecule has 0 aromatic heterocycles. The Kier molecular flexibility index (Phi) is 5.76. The molecule has 7 heteroatoms. The molecule has 2 aliphatic heterocycles. The smallest absolute Gasteiger partial charge is 0.164 e. The molecule has 0 spiro atoms. The van der Waals surface area contributed by atoms with Gasteiger partial charge in [0, 0.05) is 49.4 Å². The first kappa shape index (κ1) is 16.5. The normalized spacial score (nSPS) is 32.6. The van der Waals surface area contributed by atoms with E-state index in [1.807, 2.05) is 0 Å². The highest BCUT2D eigenvalue weighted by Crippen LogP contribution is 2.32. The fraction of sp³-hybridized carbons (Fsp3) is 1.00. The molecule has 2 saturated heterocycles. The van der Waals surface area contributed by atoms with E-state index >= 15 is 0 Å². The zero-order chi connectivity index (χ0) is 14.6. The Morgan fingerprint density at radius 3 is 2.90 bits per heavy atom. The average Bonchev–Trinajstić information content (AvgIpc) is 2.85. The van der Waals surface area contributed by atoms with Gasteiger partial charge in [0.1, 0.15) is 5.37 Å². The third-order valence-corrected chi connectivity index (χ3v) is 6.85. The van der Waals surface area contributed by atoms with Crippen LogP contribution in [-0.2, 0) is 14.6 Å². The Morgan fingerprint density at radius 2 is 2.30 bits per heavy atom. The molecule has 0 radical (unpaired) electrons. The summed E-state index contributed by atoms with van der Waals surface area (Å²) in [5.41, 5.74) is 0.0704. The molecule has 0 bridgehead atoms. The van der Waals surface area contributed by atoms with Crippen molar-refractivity contribution in [1.29, 1.82) is 0 Å². The second kappa shape index (κ2) is 6.96. The molecule has 2 rings (SSSR count). The van der Waals surface area contributed by atoms with Gasteiger partial charge < -0.3 is 10.1 Å². The van der Waals surface area contributed by atoms with Gasteiger partial charge in [-0.3, -0.25) is 4.90 Å². The average molecular weight is 322 g/mol. The number of ether oxygens (including phenoxy) is 1. The fourth-order valence-electron chi connectivity index (χ4n) is 2.98. The van der Waals surface area contributed by atoms with E-state index in [1.54, 1.807) is 11.8 Å². The van der Waals surface area contributed by atoms with Crippen LogP contribution in [0.2, 0.25) is 0 Å². The van der Waals surface area contributed by atoms with Crippen LogP contribution < -0.4 is 5.32 Å². The number of nitrogens with zero attached hydrogens (tertiary/aromatic N) is 1. The van der Waals surface area contributed by atoms with Gasteiger partial charge in [-0.25, -0.2) is 8.42 Å². The van der Waals surface area contributed by atoms with Crippen LogP contribution in [0.1, 0.15) is 13.3 Å². The first-order chi connectivity index (χ1) is 9.47. The third-order valence-electron chi connectivity index (χ3n) is 4.16. The third kappa shape index (κ3) is 4.10. The van der Waals surface area contributed by atoms with Crippen LogP contribution in [0.5, 0.6) is 0 Å². The van der Waals surface area contributed by atoms with Gasteiger partial charge in [0.2, 0.25) is 0 Å². The minimum absolute atomic E-state index is 0.0704. The maximum Gasteiger partial charge on any atom is 0.164 e. The maximum absolute atomic E-state index is 12.0. The predicted molar refractivity (Wildman–Crippen MR) is 83.9 cm³/mol. The molecule has 0 aromatic carbocycles. The molecule has 0 aliphatic carbocycles. The highest BCUT2D eigenvalue weighted by molar-refractivity contribution is 8.00. The standard InChI is InChI=1S/C13H26N2O3S2/c1-3-14-9-13(4-6-18-11-13)10-15-5-7-19-8-12(15)20(2,16)17/h12,14H,3-11H2,1-2H3. The summed E-state index contributed by atoms with van der Waals surface area (Å²) in [4.78, 5) is 2.16. The topological polar surface area (TPSA) is 58.6 Å². The van der Waals surface area contributed by atoms with E-state index in [2.05, 4.69) is 17.1 Å². The van der Waals surface area contributed by atoms with Crippen molar-refractivity contribution in [1.82, 2.24) is 10.2 Å². The van der Waals surface area contributed by atoms with Gasteiger partial charge in [-0.05, 0) is 13.0 Å². The summed E-state index contributed by atoms with van der Waals surface area (Å²) in [6.07, 6.45) is 2.37. The number of hydrogen-bond acceptors (Lipinski definition) is 6. The van der Waals surface area contributed by atoms with E-state index in [1.165, 1.54) is 6.26 Å². The molecule has 0 saturated carbocycles. The molecular formula is C13H26N2O3S2. The summed E-state index contributed by atoms with van der Waals surface area (Å²) in [6, 6.07) is 0. The van der Waals surface area contributed by atoms with Crippen molar-refractivity contribution in [3.05, 3.63) is 0 Å². The maximum atomic E-state index is 12.0. The molecule has 5 nitrogen and oxygen atoms in total. The van der Waals surface area contributed by atoms with E-state index in [4.69, 9.17) is 4.74 Å². The minimum Gasteiger partial charge on any atom is -0.381 e. The van der Waals surface area contributed by atoms with Crippen LogP contribution in [0.4, 0.5) is 0 Å². The molecular weight excluding hydrogens is 296 g/mol. The van der Waals surface area contributed by atoms with Crippen molar-refractivity contribution < 1.29 is 13.2 Å². The van der Waals surface area contributed by atoms with E-state index < -0.39 is 9.84 Å². The van der Waals surface area contributed by atoms with Crippen molar-refractivity contribution in [2.45, 2.75) is 18.7 Å². The predicted octanol–water partition coefficient (Wildman–Crippen LogP) is 0.422. The quantitative estimate of drug-likeness (QED) is 0.765. The molecule has 2 heterocycles. The molecule has 20 heavy (non-hydrogen) atoms. The Labute approximate surface area is 126 Å². The lowest BCUT2D eigenvalue weighted by atomic mass is 9.86. The highest BCUT2D eigenvalue weighted by Gasteiger charge is 2.40. The van der Waals surface area contributed by atoms with Crippen molar-refractivity contribution >= 4 is 21.6 Å². The summed E-state index contributed by atoms with van der Waals surface area (Å²) in [5, 5.41) is 3.08. The van der Waals surface area contributed by atoms with Crippen LogP contribution >= 0.6 is 11.8 Å². The largest absolute Gasteiger partial charge is 0.381 e. The molecule has 2 aliphatic rings. The van der Waals surface area contributed by atoms with Crippen molar-refractivity contribution in [3.63, 3.8) is 0 Å². The Bertz CT molecular complexity index is 408.